The molecule has 0 bridgehead atoms. The molecule has 130 valence electrons. The zero-order valence-electron chi connectivity index (χ0n) is 14.1. The van der Waals surface area contributed by atoms with Crippen LogP contribution in [0, 0.1) is 0 Å². The van der Waals surface area contributed by atoms with Gasteiger partial charge in [0.1, 0.15) is 10.6 Å². The number of nitrogens with one attached hydrogen (secondary N) is 2. The third-order valence-corrected chi connectivity index (χ3v) is 3.18. The lowest BCUT2D eigenvalue weighted by atomic mass is 10.2. The smallest absolute Gasteiger partial charge is 0.407 e. The summed E-state index contributed by atoms with van der Waals surface area (Å²) in [6.45, 7) is 8.72. The van der Waals surface area contributed by atoms with Gasteiger partial charge in [-0.3, -0.25) is 4.79 Å². The van der Waals surface area contributed by atoms with Crippen LogP contribution < -0.4 is 16.2 Å². The van der Waals surface area contributed by atoms with Crippen LogP contribution in [0.25, 0.3) is 0 Å². The van der Waals surface area contributed by atoms with E-state index in [9.17, 15) is 9.59 Å². The van der Waals surface area contributed by atoms with Crippen molar-refractivity contribution >= 4 is 23.4 Å². The summed E-state index contributed by atoms with van der Waals surface area (Å²) in [4.78, 5) is 23.5. The first-order valence-corrected chi connectivity index (χ1v) is 8.08. The molecule has 1 aromatic rings. The van der Waals surface area contributed by atoms with Crippen LogP contribution in [0.3, 0.4) is 0 Å². The molecule has 0 atom stereocenters. The van der Waals surface area contributed by atoms with Crippen molar-refractivity contribution in [2.24, 2.45) is 0 Å². The van der Waals surface area contributed by atoms with Gasteiger partial charge in [-0.1, -0.05) is 24.9 Å². The van der Waals surface area contributed by atoms with E-state index in [2.05, 4.69) is 15.7 Å². The average Bonchev–Trinajstić information content (AvgIpc) is 2.45. The van der Waals surface area contributed by atoms with Gasteiger partial charge in [0.2, 0.25) is 0 Å². The summed E-state index contributed by atoms with van der Waals surface area (Å²) >= 11 is 6.06. The molecule has 0 saturated heterocycles. The van der Waals surface area contributed by atoms with Gasteiger partial charge in [0.25, 0.3) is 5.56 Å². The van der Waals surface area contributed by atoms with Crippen LogP contribution in [-0.4, -0.2) is 34.6 Å². The lowest BCUT2D eigenvalue weighted by Gasteiger charge is -2.19. The van der Waals surface area contributed by atoms with Gasteiger partial charge >= 0.3 is 6.09 Å². The third kappa shape index (κ3) is 6.90. The lowest BCUT2D eigenvalue weighted by Crippen LogP contribution is -2.35. The minimum absolute atomic E-state index is 0.105. The first kappa shape index (κ1) is 19.3. The maximum atomic E-state index is 12.0. The number of aryl methyl sites for hydroxylation is 1. The number of hydrogen-bond acceptors (Lipinski definition) is 5. The number of halogens is 1. The zero-order valence-corrected chi connectivity index (χ0v) is 14.9. The van der Waals surface area contributed by atoms with Crippen molar-refractivity contribution in [3.8, 4) is 0 Å². The quantitative estimate of drug-likeness (QED) is 0.743. The Morgan fingerprint density at radius 2 is 2.09 bits per heavy atom. The van der Waals surface area contributed by atoms with E-state index in [-0.39, 0.29) is 10.6 Å². The van der Waals surface area contributed by atoms with E-state index < -0.39 is 11.7 Å². The summed E-state index contributed by atoms with van der Waals surface area (Å²) < 4.78 is 6.47. The second-order valence-corrected chi connectivity index (χ2v) is 6.49. The minimum atomic E-state index is -0.534. The van der Waals surface area contributed by atoms with Crippen LogP contribution in [0.15, 0.2) is 11.0 Å². The molecule has 1 aromatic heterocycles. The Bertz CT molecular complexity index is 581. The topological polar surface area (TPSA) is 85.2 Å². The van der Waals surface area contributed by atoms with Gasteiger partial charge in [-0.2, -0.15) is 5.10 Å². The van der Waals surface area contributed by atoms with Crippen LogP contribution in [0.1, 0.15) is 40.5 Å². The fraction of sp³-hybridized carbons (Fsp3) is 0.667. The van der Waals surface area contributed by atoms with Gasteiger partial charge in [0.05, 0.1) is 11.9 Å². The number of carbonyl (C=O) groups excluding carboxylic acids is 1. The Kier molecular flexibility index (Phi) is 7.35. The van der Waals surface area contributed by atoms with Crippen molar-refractivity contribution in [2.75, 3.05) is 18.4 Å². The molecule has 0 radical (unpaired) electrons. The first-order valence-electron chi connectivity index (χ1n) is 7.71. The number of carbonyl (C=O) groups is 1. The van der Waals surface area contributed by atoms with Crippen molar-refractivity contribution in [1.29, 1.82) is 0 Å². The largest absolute Gasteiger partial charge is 0.444 e. The number of ether oxygens (including phenoxy) is 1. The van der Waals surface area contributed by atoms with E-state index >= 15 is 0 Å². The molecule has 8 heteroatoms. The number of alkyl carbamates (subject to hydrolysis) is 1. The van der Waals surface area contributed by atoms with E-state index in [0.29, 0.717) is 25.3 Å². The second kappa shape index (κ2) is 8.76. The third-order valence-electron chi connectivity index (χ3n) is 2.82. The highest BCUT2D eigenvalue weighted by Crippen LogP contribution is 2.14. The van der Waals surface area contributed by atoms with Gasteiger partial charge in [-0.05, 0) is 27.2 Å². The standard InChI is InChI=1S/C15H25ClN4O3/c1-5-6-9-20-13(21)12(16)11(10-19-20)17-7-8-18-14(22)23-15(2,3)4/h10,17H,5-9H2,1-4H3,(H,18,22). The Balaban J connectivity index is 2.48. The summed E-state index contributed by atoms with van der Waals surface area (Å²) in [7, 11) is 0. The highest BCUT2D eigenvalue weighted by atomic mass is 35.5. The number of amides is 1. The monoisotopic (exact) mass is 344 g/mol. The van der Waals surface area contributed by atoms with E-state index in [1.54, 1.807) is 20.8 Å². The Morgan fingerprint density at radius 3 is 2.70 bits per heavy atom. The van der Waals surface area contributed by atoms with E-state index in [1.165, 1.54) is 10.9 Å². The van der Waals surface area contributed by atoms with Crippen LogP contribution in [0.5, 0.6) is 0 Å². The van der Waals surface area contributed by atoms with Crippen LogP contribution in [-0.2, 0) is 11.3 Å². The van der Waals surface area contributed by atoms with Gasteiger partial charge < -0.3 is 15.4 Å². The molecule has 0 saturated carbocycles. The highest BCUT2D eigenvalue weighted by molar-refractivity contribution is 6.32. The van der Waals surface area contributed by atoms with E-state index in [1.807, 2.05) is 6.92 Å². The molecule has 0 aliphatic carbocycles. The highest BCUT2D eigenvalue weighted by Gasteiger charge is 2.15. The number of aromatic nitrogens is 2. The Morgan fingerprint density at radius 1 is 1.39 bits per heavy atom. The van der Waals surface area contributed by atoms with Crippen molar-refractivity contribution < 1.29 is 9.53 Å². The second-order valence-electron chi connectivity index (χ2n) is 6.11. The molecule has 0 aliphatic rings. The lowest BCUT2D eigenvalue weighted by molar-refractivity contribution is 0.0530. The molecule has 0 aliphatic heterocycles. The van der Waals surface area contributed by atoms with Crippen molar-refractivity contribution in [3.05, 3.63) is 21.6 Å². The molecule has 7 nitrogen and oxygen atoms in total. The number of unbranched alkanes of at least 4 members (excludes halogenated alkanes) is 1. The number of hydrogen-bond donors (Lipinski definition) is 2. The molecule has 23 heavy (non-hydrogen) atoms. The summed E-state index contributed by atoms with van der Waals surface area (Å²) in [6.07, 6.45) is 2.88. The summed E-state index contributed by atoms with van der Waals surface area (Å²) in [5.41, 5.74) is -0.395. The maximum absolute atomic E-state index is 12.0. The number of rotatable bonds is 7. The fourth-order valence-corrected chi connectivity index (χ4v) is 1.94. The van der Waals surface area contributed by atoms with E-state index in [4.69, 9.17) is 16.3 Å². The molecule has 2 N–H and O–H groups in total. The molecular formula is C15H25ClN4O3. The van der Waals surface area contributed by atoms with Crippen molar-refractivity contribution in [2.45, 2.75) is 52.7 Å². The molecule has 1 amide bonds. The van der Waals surface area contributed by atoms with Crippen LogP contribution >= 0.6 is 11.6 Å². The first-order chi connectivity index (χ1) is 10.7. The number of nitrogens with zero attached hydrogens (tertiary/aromatic N) is 2. The summed E-state index contributed by atoms with van der Waals surface area (Å²) in [6, 6.07) is 0. The Labute approximate surface area is 141 Å². The van der Waals surface area contributed by atoms with Crippen molar-refractivity contribution in [1.82, 2.24) is 15.1 Å². The van der Waals surface area contributed by atoms with Gasteiger partial charge in [-0.15, -0.1) is 0 Å². The van der Waals surface area contributed by atoms with Gasteiger partial charge in [0.15, 0.2) is 0 Å². The predicted octanol–water partition coefficient (Wildman–Crippen LogP) is 2.63. The van der Waals surface area contributed by atoms with Crippen molar-refractivity contribution in [3.63, 3.8) is 0 Å². The summed E-state index contributed by atoms with van der Waals surface area (Å²) in [5, 5.41) is 9.78. The molecule has 1 rings (SSSR count). The SMILES string of the molecule is CCCCn1ncc(NCCNC(=O)OC(C)(C)C)c(Cl)c1=O. The molecular weight excluding hydrogens is 320 g/mol. The number of anilines is 1. The minimum Gasteiger partial charge on any atom is -0.444 e. The normalized spacial score (nSPS) is 11.2. The molecule has 0 unspecified atom stereocenters. The Hall–Kier alpha value is -1.76. The molecule has 0 spiro atoms. The molecule has 0 fully saturated rings. The average molecular weight is 345 g/mol. The van der Waals surface area contributed by atoms with E-state index in [0.717, 1.165) is 12.8 Å². The summed E-state index contributed by atoms with van der Waals surface area (Å²) in [5.74, 6) is 0. The molecule has 0 aromatic carbocycles. The zero-order chi connectivity index (χ0) is 17.5. The molecule has 1 heterocycles. The predicted molar refractivity (Wildman–Crippen MR) is 91.1 cm³/mol. The van der Waals surface area contributed by atoms with Gasteiger partial charge in [0, 0.05) is 19.6 Å². The van der Waals surface area contributed by atoms with Gasteiger partial charge in [-0.25, -0.2) is 9.48 Å². The maximum Gasteiger partial charge on any atom is 0.407 e. The fourth-order valence-electron chi connectivity index (χ4n) is 1.73. The van der Waals surface area contributed by atoms with Crippen LogP contribution in [0.2, 0.25) is 5.02 Å². The van der Waals surface area contributed by atoms with Crippen LogP contribution in [0.4, 0.5) is 10.5 Å².